The average Bonchev–Trinajstić information content (AvgIpc) is 2.18. The molecule has 0 saturated carbocycles. The molecule has 0 aromatic carbocycles. The summed E-state index contributed by atoms with van der Waals surface area (Å²) in [5.74, 6) is 0.969. The van der Waals surface area contributed by atoms with Gasteiger partial charge >= 0.3 is 0 Å². The molecule has 0 atom stereocenters. The molecule has 0 aliphatic heterocycles. The molecule has 7 nitrogen and oxygen atoms in total. The van der Waals surface area contributed by atoms with Gasteiger partial charge in [0.15, 0.2) is 0 Å². The van der Waals surface area contributed by atoms with Crippen molar-refractivity contribution in [2.24, 2.45) is 0 Å². The Morgan fingerprint density at radius 2 is 1.36 bits per heavy atom. The molecule has 0 saturated heterocycles. The van der Waals surface area contributed by atoms with Crippen molar-refractivity contribution >= 4 is 17.8 Å². The van der Waals surface area contributed by atoms with Gasteiger partial charge in [-0.25, -0.2) is 5.48 Å². The topological polar surface area (TPSA) is 95.0 Å². The number of nitrogens with zero attached hydrogens (tertiary/aromatic N) is 3. The Morgan fingerprint density at radius 1 is 0.929 bits per heavy atom. The number of anilines is 3. The fourth-order valence-corrected chi connectivity index (χ4v) is 0.900. The summed E-state index contributed by atoms with van der Waals surface area (Å²) in [6.45, 7) is 5.28. The SMILES string of the molecule is CCNc1nc(NO)nc(NCC)n1. The van der Waals surface area contributed by atoms with E-state index in [0.29, 0.717) is 25.0 Å². The second kappa shape index (κ2) is 5.18. The normalized spacial score (nSPS) is 9.64. The molecule has 14 heavy (non-hydrogen) atoms. The fourth-order valence-electron chi connectivity index (χ4n) is 0.900. The zero-order valence-electron chi connectivity index (χ0n) is 8.20. The van der Waals surface area contributed by atoms with Crippen LogP contribution in [0.5, 0.6) is 0 Å². The van der Waals surface area contributed by atoms with Gasteiger partial charge in [-0.2, -0.15) is 15.0 Å². The molecule has 7 heteroatoms. The van der Waals surface area contributed by atoms with Gasteiger partial charge in [0.1, 0.15) is 0 Å². The van der Waals surface area contributed by atoms with Crippen LogP contribution < -0.4 is 16.1 Å². The number of aromatic nitrogens is 3. The second-order valence-electron chi connectivity index (χ2n) is 2.48. The van der Waals surface area contributed by atoms with E-state index in [1.54, 1.807) is 0 Å². The smallest absolute Gasteiger partial charge is 0.253 e. The first-order valence-corrected chi connectivity index (χ1v) is 4.44. The molecule has 1 heterocycles. The lowest BCUT2D eigenvalue weighted by molar-refractivity contribution is 0.382. The summed E-state index contributed by atoms with van der Waals surface area (Å²) in [5, 5.41) is 14.5. The molecule has 0 radical (unpaired) electrons. The van der Waals surface area contributed by atoms with E-state index < -0.39 is 0 Å². The predicted molar refractivity (Wildman–Crippen MR) is 53.6 cm³/mol. The molecule has 0 spiro atoms. The first-order valence-electron chi connectivity index (χ1n) is 4.44. The largest absolute Gasteiger partial charge is 0.354 e. The van der Waals surface area contributed by atoms with Crippen LogP contribution in [0.2, 0.25) is 0 Å². The van der Waals surface area contributed by atoms with Crippen LogP contribution in [0.3, 0.4) is 0 Å². The lowest BCUT2D eigenvalue weighted by Crippen LogP contribution is -2.10. The molecule has 4 N–H and O–H groups in total. The van der Waals surface area contributed by atoms with Gasteiger partial charge in [-0.15, -0.1) is 0 Å². The van der Waals surface area contributed by atoms with E-state index in [9.17, 15) is 0 Å². The van der Waals surface area contributed by atoms with Crippen molar-refractivity contribution in [3.05, 3.63) is 0 Å². The maximum absolute atomic E-state index is 8.66. The fraction of sp³-hybridized carbons (Fsp3) is 0.571. The molecule has 0 aliphatic carbocycles. The summed E-state index contributed by atoms with van der Waals surface area (Å²) in [5.41, 5.74) is 1.88. The third-order valence-electron chi connectivity index (χ3n) is 1.41. The van der Waals surface area contributed by atoms with Crippen molar-refractivity contribution in [3.8, 4) is 0 Å². The zero-order chi connectivity index (χ0) is 10.4. The monoisotopic (exact) mass is 198 g/mol. The summed E-state index contributed by atoms with van der Waals surface area (Å²) in [6, 6.07) is 0. The van der Waals surface area contributed by atoms with Crippen LogP contribution in [-0.2, 0) is 0 Å². The van der Waals surface area contributed by atoms with E-state index in [-0.39, 0.29) is 5.95 Å². The van der Waals surface area contributed by atoms with Gasteiger partial charge in [-0.05, 0) is 13.8 Å². The first kappa shape index (κ1) is 10.5. The summed E-state index contributed by atoms with van der Waals surface area (Å²) in [4.78, 5) is 11.8. The number of hydrogen-bond donors (Lipinski definition) is 4. The highest BCUT2D eigenvalue weighted by Crippen LogP contribution is 2.07. The van der Waals surface area contributed by atoms with Crippen molar-refractivity contribution in [1.29, 1.82) is 0 Å². The molecule has 0 unspecified atom stereocenters. The van der Waals surface area contributed by atoms with E-state index in [2.05, 4.69) is 25.6 Å². The highest BCUT2D eigenvalue weighted by atomic mass is 16.5. The van der Waals surface area contributed by atoms with E-state index in [1.165, 1.54) is 0 Å². The number of hydrogen-bond acceptors (Lipinski definition) is 7. The first-order chi connectivity index (χ1) is 6.80. The van der Waals surface area contributed by atoms with Gasteiger partial charge in [-0.1, -0.05) is 0 Å². The van der Waals surface area contributed by atoms with E-state index in [4.69, 9.17) is 5.21 Å². The Labute approximate surface area is 81.9 Å². The van der Waals surface area contributed by atoms with Gasteiger partial charge in [0.05, 0.1) is 0 Å². The van der Waals surface area contributed by atoms with Crippen molar-refractivity contribution in [1.82, 2.24) is 15.0 Å². The van der Waals surface area contributed by atoms with Crippen LogP contribution in [0.4, 0.5) is 17.8 Å². The lowest BCUT2D eigenvalue weighted by Gasteiger charge is -2.06. The van der Waals surface area contributed by atoms with Crippen molar-refractivity contribution in [3.63, 3.8) is 0 Å². The minimum atomic E-state index is 0.118. The van der Waals surface area contributed by atoms with Gasteiger partial charge in [-0.3, -0.25) is 5.21 Å². The van der Waals surface area contributed by atoms with Crippen molar-refractivity contribution in [2.45, 2.75) is 13.8 Å². The van der Waals surface area contributed by atoms with Crippen molar-refractivity contribution < 1.29 is 5.21 Å². The molecular weight excluding hydrogens is 184 g/mol. The highest BCUT2D eigenvalue weighted by Gasteiger charge is 2.03. The van der Waals surface area contributed by atoms with Crippen molar-refractivity contribution in [2.75, 3.05) is 29.2 Å². The zero-order valence-corrected chi connectivity index (χ0v) is 8.20. The Kier molecular flexibility index (Phi) is 3.86. The molecule has 1 aromatic heterocycles. The van der Waals surface area contributed by atoms with Crippen LogP contribution >= 0.6 is 0 Å². The Balaban J connectivity index is 2.88. The molecule has 78 valence electrons. The van der Waals surface area contributed by atoms with Gasteiger partial charge in [0, 0.05) is 13.1 Å². The molecule has 0 bridgehead atoms. The van der Waals surface area contributed by atoms with E-state index >= 15 is 0 Å². The molecule has 0 amide bonds. The predicted octanol–water partition coefficient (Wildman–Crippen LogP) is 0.536. The van der Waals surface area contributed by atoms with Gasteiger partial charge < -0.3 is 10.6 Å². The minimum Gasteiger partial charge on any atom is -0.354 e. The minimum absolute atomic E-state index is 0.118. The van der Waals surface area contributed by atoms with E-state index in [0.717, 1.165) is 0 Å². The Morgan fingerprint density at radius 3 is 1.71 bits per heavy atom. The Hall–Kier alpha value is -1.63. The molecule has 1 aromatic rings. The summed E-state index contributed by atoms with van der Waals surface area (Å²) < 4.78 is 0. The second-order valence-corrected chi connectivity index (χ2v) is 2.48. The van der Waals surface area contributed by atoms with Crippen LogP contribution in [0.15, 0.2) is 0 Å². The molecule has 0 aliphatic rings. The highest BCUT2D eigenvalue weighted by molar-refractivity contribution is 5.40. The molecular formula is C7H14N6O. The van der Waals surface area contributed by atoms with E-state index in [1.807, 2.05) is 19.3 Å². The van der Waals surface area contributed by atoms with Gasteiger partial charge in [0.25, 0.3) is 5.95 Å². The number of nitrogens with one attached hydrogen (secondary N) is 3. The quantitative estimate of drug-likeness (QED) is 0.513. The summed E-state index contributed by atoms with van der Waals surface area (Å²) in [6.07, 6.45) is 0. The third-order valence-corrected chi connectivity index (χ3v) is 1.41. The molecule has 1 rings (SSSR count). The Bertz CT molecular complexity index is 267. The maximum Gasteiger partial charge on any atom is 0.253 e. The van der Waals surface area contributed by atoms with Crippen LogP contribution in [0.1, 0.15) is 13.8 Å². The van der Waals surface area contributed by atoms with Gasteiger partial charge in [0.2, 0.25) is 11.9 Å². The van der Waals surface area contributed by atoms with Crippen LogP contribution in [-0.4, -0.2) is 33.2 Å². The number of rotatable bonds is 5. The summed E-state index contributed by atoms with van der Waals surface area (Å²) in [7, 11) is 0. The van der Waals surface area contributed by atoms with Crippen LogP contribution in [0, 0.1) is 0 Å². The third kappa shape index (κ3) is 2.70. The molecule has 0 fully saturated rings. The standard InChI is InChI=1S/C7H14N6O/c1-3-8-5-10-6(9-4-2)12-7(11-5)13-14/h14H,3-4H2,1-2H3,(H3,8,9,10,11,12,13). The maximum atomic E-state index is 8.66. The summed E-state index contributed by atoms with van der Waals surface area (Å²) >= 11 is 0. The average molecular weight is 198 g/mol. The van der Waals surface area contributed by atoms with Crippen LogP contribution in [0.25, 0.3) is 0 Å². The lowest BCUT2D eigenvalue weighted by atomic mass is 10.7.